The molecule has 1 aromatic heterocycles. The molecule has 3 aliphatic heterocycles. The summed E-state index contributed by atoms with van der Waals surface area (Å²) in [5.41, 5.74) is 9.29. The second kappa shape index (κ2) is 14.4. The molecular formula is C33H38CaN4O6. The summed E-state index contributed by atoms with van der Waals surface area (Å²) in [4.78, 5) is 56.0. The van der Waals surface area contributed by atoms with Crippen LogP contribution in [-0.2, 0) is 32.0 Å². The predicted molar refractivity (Wildman–Crippen MR) is 172 cm³/mol. The molecule has 0 saturated heterocycles. The average molecular weight is 627 g/mol. The molecule has 1 unspecified atom stereocenters. The Kier molecular flexibility index (Phi) is 11.3. The number of carboxylic acids is 2. The van der Waals surface area contributed by atoms with Crippen LogP contribution in [0.2, 0.25) is 0 Å². The Hall–Kier alpha value is -3.73. The fourth-order valence-corrected chi connectivity index (χ4v) is 5.72. The standard InChI is InChI=1S/C33H36N4O6.Ca.2H/c1-7-20-19(6)32(42)37-27(20)14-25-18(5)23(10-12-31(40)41)29(35-25)15-28-22(9-11-30(38)39)17(4)24(34-28)13-26-16(3)21(8-2)33(43)36-26;;;/h7-8,13-14,28,35H,1-2,9-12,15H2,3-6H3,(H,36,43)(H,37,42)(H,38,39)(H,40,41);;;/q;+2;2*-1. The number of H-pyrrole nitrogens is 1. The number of amides is 2. The van der Waals surface area contributed by atoms with Crippen molar-refractivity contribution in [1.82, 2.24) is 15.6 Å². The van der Waals surface area contributed by atoms with Crippen molar-refractivity contribution in [2.45, 2.75) is 65.8 Å². The van der Waals surface area contributed by atoms with Gasteiger partial charge in [0, 0.05) is 53.1 Å². The first kappa shape index (κ1) is 34.8. The van der Waals surface area contributed by atoms with E-state index in [1.54, 1.807) is 19.1 Å². The summed E-state index contributed by atoms with van der Waals surface area (Å²) in [5.74, 6) is -2.29. The number of nitrogens with one attached hydrogen (secondary N) is 3. The van der Waals surface area contributed by atoms with Crippen LogP contribution in [0.15, 0.2) is 81.2 Å². The number of hydrogen-bond donors (Lipinski definition) is 5. The van der Waals surface area contributed by atoms with E-state index in [1.165, 1.54) is 6.08 Å². The number of aromatic amines is 1. The maximum atomic E-state index is 12.3. The van der Waals surface area contributed by atoms with Gasteiger partial charge in [-0.1, -0.05) is 25.3 Å². The van der Waals surface area contributed by atoms with Gasteiger partial charge in [-0.25, -0.2) is 0 Å². The zero-order valence-corrected chi connectivity index (χ0v) is 27.7. The molecule has 10 nitrogen and oxygen atoms in total. The molecule has 1 aromatic rings. The van der Waals surface area contributed by atoms with Crippen LogP contribution >= 0.6 is 0 Å². The monoisotopic (exact) mass is 626 g/mol. The predicted octanol–water partition coefficient (Wildman–Crippen LogP) is 4.22. The third-order valence-electron chi connectivity index (χ3n) is 8.23. The fourth-order valence-electron chi connectivity index (χ4n) is 5.72. The molecule has 2 amide bonds. The molecule has 1 atom stereocenters. The summed E-state index contributed by atoms with van der Waals surface area (Å²) in [6.07, 6.45) is 7.58. The van der Waals surface area contributed by atoms with Gasteiger partial charge < -0.3 is 28.7 Å². The van der Waals surface area contributed by atoms with E-state index >= 15 is 0 Å². The van der Waals surface area contributed by atoms with Gasteiger partial charge in [0.2, 0.25) is 0 Å². The SMILES string of the molecule is C=CC1=C(C)C(=CC2=NC(Cc3[nH]c(C=C4NC(=O)C(C)=C4C=C)c(C)c3CCC(=O)O)C(CCC(=O)O)=C2C)NC1=O.[Ca+2].[H-].[H-]. The minimum Gasteiger partial charge on any atom is -1.00 e. The van der Waals surface area contributed by atoms with E-state index in [0.717, 1.165) is 39.2 Å². The summed E-state index contributed by atoms with van der Waals surface area (Å²) in [5, 5.41) is 24.6. The van der Waals surface area contributed by atoms with Gasteiger partial charge in [0.05, 0.1) is 17.5 Å². The first-order valence-corrected chi connectivity index (χ1v) is 14.0. The normalized spacial score (nSPS) is 19.9. The number of aliphatic imine (C=N–C) groups is 1. The maximum absolute atomic E-state index is 12.3. The van der Waals surface area contributed by atoms with Crippen molar-refractivity contribution in [1.29, 1.82) is 0 Å². The smallest absolute Gasteiger partial charge is 1.00 e. The Bertz CT molecular complexity index is 1680. The molecule has 0 spiro atoms. The van der Waals surface area contributed by atoms with Crippen molar-refractivity contribution < 1.29 is 32.2 Å². The minimum atomic E-state index is -0.923. The molecule has 0 radical (unpaired) electrons. The van der Waals surface area contributed by atoms with Crippen LogP contribution < -0.4 is 10.6 Å². The molecular weight excluding hydrogens is 588 g/mol. The van der Waals surface area contributed by atoms with E-state index < -0.39 is 18.0 Å². The number of carboxylic acid groups (broad SMARTS) is 2. The molecule has 0 bridgehead atoms. The summed E-state index contributed by atoms with van der Waals surface area (Å²) in [6.45, 7) is 14.9. The van der Waals surface area contributed by atoms with Crippen molar-refractivity contribution >= 4 is 73.3 Å². The average Bonchev–Trinajstić information content (AvgIpc) is 3.59. The van der Waals surface area contributed by atoms with Crippen LogP contribution in [0.4, 0.5) is 0 Å². The Labute approximate surface area is 289 Å². The maximum Gasteiger partial charge on any atom is 2.00 e. The first-order valence-electron chi connectivity index (χ1n) is 14.0. The largest absolute Gasteiger partial charge is 2.00 e. The summed E-state index contributed by atoms with van der Waals surface area (Å²) < 4.78 is 0. The number of carbonyl (C=O) groups excluding carboxylic acids is 2. The second-order valence-corrected chi connectivity index (χ2v) is 10.8. The van der Waals surface area contributed by atoms with Gasteiger partial charge in [0.1, 0.15) is 0 Å². The zero-order valence-electron chi connectivity index (χ0n) is 27.5. The molecule has 4 heterocycles. The van der Waals surface area contributed by atoms with Gasteiger partial charge in [0.25, 0.3) is 11.8 Å². The van der Waals surface area contributed by atoms with Crippen LogP contribution in [0, 0.1) is 6.92 Å². The molecule has 228 valence electrons. The number of aliphatic carboxylic acids is 2. The number of aromatic nitrogens is 1. The van der Waals surface area contributed by atoms with Crippen molar-refractivity contribution in [3.8, 4) is 0 Å². The number of carbonyl (C=O) groups is 4. The van der Waals surface area contributed by atoms with Gasteiger partial charge >= 0.3 is 49.7 Å². The third kappa shape index (κ3) is 7.14. The van der Waals surface area contributed by atoms with Crippen molar-refractivity contribution in [3.63, 3.8) is 0 Å². The molecule has 4 rings (SSSR count). The number of rotatable bonds is 12. The first-order chi connectivity index (χ1) is 20.4. The summed E-state index contributed by atoms with van der Waals surface area (Å²) >= 11 is 0. The number of nitrogens with zero attached hydrogens (tertiary/aromatic N) is 1. The minimum absolute atomic E-state index is 0. The van der Waals surface area contributed by atoms with E-state index in [0.29, 0.717) is 46.7 Å². The topological polar surface area (TPSA) is 161 Å². The Morgan fingerprint density at radius 3 is 2.07 bits per heavy atom. The molecule has 0 aliphatic carbocycles. The van der Waals surface area contributed by atoms with Crippen LogP contribution in [0.25, 0.3) is 6.08 Å². The van der Waals surface area contributed by atoms with E-state index in [9.17, 15) is 29.4 Å². The van der Waals surface area contributed by atoms with E-state index in [1.807, 2.05) is 26.8 Å². The molecule has 3 aliphatic rings. The Balaban J connectivity index is 0.00000353. The third-order valence-corrected chi connectivity index (χ3v) is 8.23. The molecule has 0 saturated carbocycles. The van der Waals surface area contributed by atoms with Gasteiger partial charge in [-0.2, -0.15) is 0 Å². The number of hydrogen-bond acceptors (Lipinski definition) is 5. The molecule has 44 heavy (non-hydrogen) atoms. The Morgan fingerprint density at radius 1 is 0.864 bits per heavy atom. The van der Waals surface area contributed by atoms with E-state index in [-0.39, 0.29) is 71.7 Å². The van der Waals surface area contributed by atoms with Crippen molar-refractivity contribution in [3.05, 3.63) is 98.7 Å². The van der Waals surface area contributed by atoms with E-state index in [2.05, 4.69) is 28.8 Å². The summed E-state index contributed by atoms with van der Waals surface area (Å²) in [6, 6.07) is -0.398. The van der Waals surface area contributed by atoms with Gasteiger partial charge in [-0.15, -0.1) is 0 Å². The molecule has 0 aromatic carbocycles. The molecule has 0 fully saturated rings. The van der Waals surface area contributed by atoms with Crippen LogP contribution in [0.3, 0.4) is 0 Å². The summed E-state index contributed by atoms with van der Waals surface area (Å²) in [7, 11) is 0. The van der Waals surface area contributed by atoms with Crippen LogP contribution in [0.5, 0.6) is 0 Å². The number of allylic oxidation sites excluding steroid dienone is 4. The molecule has 11 heteroatoms. The van der Waals surface area contributed by atoms with Crippen LogP contribution in [-0.4, -0.2) is 88.4 Å². The van der Waals surface area contributed by atoms with Gasteiger partial charge in [-0.05, 0) is 80.5 Å². The molecule has 5 N–H and O–H groups in total. The van der Waals surface area contributed by atoms with E-state index in [4.69, 9.17) is 4.99 Å². The quantitative estimate of drug-likeness (QED) is 0.218. The fraction of sp³-hybridized carbons (Fsp3) is 0.303. The van der Waals surface area contributed by atoms with Crippen LogP contribution in [0.1, 0.15) is 65.4 Å². The Morgan fingerprint density at radius 2 is 1.48 bits per heavy atom. The van der Waals surface area contributed by atoms with Gasteiger partial charge in [-0.3, -0.25) is 24.2 Å². The second-order valence-electron chi connectivity index (χ2n) is 10.8. The van der Waals surface area contributed by atoms with Crippen molar-refractivity contribution in [2.24, 2.45) is 4.99 Å². The van der Waals surface area contributed by atoms with Crippen molar-refractivity contribution in [2.75, 3.05) is 0 Å². The zero-order chi connectivity index (χ0) is 31.6. The van der Waals surface area contributed by atoms with Gasteiger partial charge in [0.15, 0.2) is 0 Å².